The summed E-state index contributed by atoms with van der Waals surface area (Å²) in [6.45, 7) is 0.432. The fraction of sp³-hybridized carbons (Fsp3) is 0.154. The van der Waals surface area contributed by atoms with Crippen LogP contribution in [0.15, 0.2) is 36.5 Å². The van der Waals surface area contributed by atoms with E-state index in [1.807, 2.05) is 0 Å². The van der Waals surface area contributed by atoms with E-state index >= 15 is 0 Å². The summed E-state index contributed by atoms with van der Waals surface area (Å²) in [5, 5.41) is 2.90. The van der Waals surface area contributed by atoms with E-state index in [0.717, 1.165) is 6.20 Å². The van der Waals surface area contributed by atoms with Crippen LogP contribution < -0.4 is 10.1 Å². The Hall–Kier alpha value is -2.01. The van der Waals surface area contributed by atoms with Crippen molar-refractivity contribution in [1.82, 2.24) is 10.3 Å². The fourth-order valence-corrected chi connectivity index (χ4v) is 1.49. The summed E-state index contributed by atoms with van der Waals surface area (Å²) in [7, 11) is 1.74. The molecule has 1 N–H and O–H groups in total. The summed E-state index contributed by atoms with van der Waals surface area (Å²) in [6.07, 6.45) is 1.08. The van der Waals surface area contributed by atoms with E-state index in [4.69, 9.17) is 4.74 Å². The number of halogens is 2. The van der Waals surface area contributed by atoms with E-state index in [0.29, 0.717) is 23.7 Å². The molecule has 0 saturated heterocycles. The molecule has 0 aliphatic rings. The van der Waals surface area contributed by atoms with Gasteiger partial charge in [-0.2, -0.15) is 0 Å². The zero-order chi connectivity index (χ0) is 13.0. The number of hydrogen-bond donors (Lipinski definition) is 1. The Bertz CT molecular complexity index is 529. The smallest absolute Gasteiger partial charge is 0.223 e. The van der Waals surface area contributed by atoms with Crippen molar-refractivity contribution in [2.45, 2.75) is 6.54 Å². The first-order valence-corrected chi connectivity index (χ1v) is 5.41. The average Bonchev–Trinajstić information content (AvgIpc) is 2.36. The topological polar surface area (TPSA) is 34.2 Å². The van der Waals surface area contributed by atoms with Crippen molar-refractivity contribution in [2.75, 3.05) is 7.05 Å². The summed E-state index contributed by atoms with van der Waals surface area (Å²) < 4.78 is 31.3. The van der Waals surface area contributed by atoms with E-state index in [1.165, 1.54) is 30.3 Å². The molecule has 1 aromatic carbocycles. The quantitative estimate of drug-likeness (QED) is 0.906. The van der Waals surface area contributed by atoms with Crippen LogP contribution in [0.2, 0.25) is 0 Å². The molecule has 5 heteroatoms. The molecule has 0 bridgehead atoms. The highest BCUT2D eigenvalue weighted by atomic mass is 19.1. The molecular formula is C13H12F2N2O. The second-order valence-corrected chi connectivity index (χ2v) is 3.70. The lowest BCUT2D eigenvalue weighted by Gasteiger charge is -2.09. The lowest BCUT2D eigenvalue weighted by molar-refractivity contribution is 0.448. The molecule has 18 heavy (non-hydrogen) atoms. The van der Waals surface area contributed by atoms with Crippen LogP contribution in [0.1, 0.15) is 5.56 Å². The normalized spacial score (nSPS) is 10.4. The van der Waals surface area contributed by atoms with Gasteiger partial charge in [-0.3, -0.25) is 0 Å². The van der Waals surface area contributed by atoms with Crippen molar-refractivity contribution in [3.8, 4) is 11.6 Å². The first kappa shape index (κ1) is 12.4. The van der Waals surface area contributed by atoms with Crippen molar-refractivity contribution in [1.29, 1.82) is 0 Å². The zero-order valence-corrected chi connectivity index (χ0v) is 9.78. The number of hydrogen-bond acceptors (Lipinski definition) is 3. The van der Waals surface area contributed by atoms with Gasteiger partial charge in [0.15, 0.2) is 0 Å². The molecule has 0 amide bonds. The van der Waals surface area contributed by atoms with E-state index in [2.05, 4.69) is 10.3 Å². The van der Waals surface area contributed by atoms with E-state index in [-0.39, 0.29) is 5.82 Å². The lowest BCUT2D eigenvalue weighted by Crippen LogP contribution is -2.07. The standard InChI is InChI=1S/C13H12F2N2O/c1-16-7-9-6-11(15)8-17-13(9)18-12-4-2-10(14)3-5-12/h2-6,8,16H,7H2,1H3. The van der Waals surface area contributed by atoms with Crippen LogP contribution >= 0.6 is 0 Å². The minimum atomic E-state index is -0.424. The highest BCUT2D eigenvalue weighted by Crippen LogP contribution is 2.23. The summed E-state index contributed by atoms with van der Waals surface area (Å²) in [5.41, 5.74) is 0.599. The Morgan fingerprint density at radius 2 is 1.89 bits per heavy atom. The predicted molar refractivity (Wildman–Crippen MR) is 63.4 cm³/mol. The molecule has 2 aromatic rings. The number of pyridine rings is 1. The second-order valence-electron chi connectivity index (χ2n) is 3.70. The maximum atomic E-state index is 13.1. The van der Waals surface area contributed by atoms with Crippen LogP contribution in [0.5, 0.6) is 11.6 Å². The van der Waals surface area contributed by atoms with Gasteiger partial charge in [-0.1, -0.05) is 0 Å². The van der Waals surface area contributed by atoms with E-state index < -0.39 is 5.82 Å². The molecule has 0 saturated carbocycles. The minimum absolute atomic E-state index is 0.303. The first-order chi connectivity index (χ1) is 8.69. The van der Waals surface area contributed by atoms with Gasteiger partial charge in [0.05, 0.1) is 6.20 Å². The van der Waals surface area contributed by atoms with Crippen molar-refractivity contribution in [3.05, 3.63) is 53.7 Å². The highest BCUT2D eigenvalue weighted by molar-refractivity contribution is 5.32. The van der Waals surface area contributed by atoms with Gasteiger partial charge in [-0.15, -0.1) is 0 Å². The summed E-state index contributed by atoms with van der Waals surface area (Å²) in [6, 6.07) is 6.91. The van der Waals surface area contributed by atoms with Crippen LogP contribution in [0, 0.1) is 11.6 Å². The molecule has 1 heterocycles. The fourth-order valence-electron chi connectivity index (χ4n) is 1.49. The third-order valence-corrected chi connectivity index (χ3v) is 2.29. The Balaban J connectivity index is 2.25. The average molecular weight is 250 g/mol. The minimum Gasteiger partial charge on any atom is -0.439 e. The van der Waals surface area contributed by atoms with Crippen LogP contribution in [-0.2, 0) is 6.54 Å². The molecular weight excluding hydrogens is 238 g/mol. The Morgan fingerprint density at radius 1 is 1.17 bits per heavy atom. The molecule has 94 valence electrons. The molecule has 0 spiro atoms. The summed E-state index contributed by atoms with van der Waals surface area (Å²) >= 11 is 0. The second kappa shape index (κ2) is 5.55. The third kappa shape index (κ3) is 3.01. The Kier molecular flexibility index (Phi) is 3.84. The van der Waals surface area contributed by atoms with Crippen LogP contribution in [-0.4, -0.2) is 12.0 Å². The van der Waals surface area contributed by atoms with Crippen LogP contribution in [0.25, 0.3) is 0 Å². The molecule has 1 aromatic heterocycles. The third-order valence-electron chi connectivity index (χ3n) is 2.29. The Morgan fingerprint density at radius 3 is 2.56 bits per heavy atom. The van der Waals surface area contributed by atoms with Gasteiger partial charge in [0.1, 0.15) is 17.4 Å². The van der Waals surface area contributed by atoms with Crippen LogP contribution in [0.3, 0.4) is 0 Å². The van der Waals surface area contributed by atoms with Gasteiger partial charge in [-0.05, 0) is 37.4 Å². The monoisotopic (exact) mass is 250 g/mol. The largest absolute Gasteiger partial charge is 0.439 e. The molecule has 0 unspecified atom stereocenters. The molecule has 0 fully saturated rings. The number of nitrogens with one attached hydrogen (secondary N) is 1. The number of rotatable bonds is 4. The van der Waals surface area contributed by atoms with E-state index in [9.17, 15) is 8.78 Å². The molecule has 0 aliphatic carbocycles. The summed E-state index contributed by atoms with van der Waals surface area (Å²) in [4.78, 5) is 3.88. The van der Waals surface area contributed by atoms with Gasteiger partial charge in [0, 0.05) is 12.1 Å². The van der Waals surface area contributed by atoms with Crippen molar-refractivity contribution in [2.24, 2.45) is 0 Å². The van der Waals surface area contributed by atoms with Gasteiger partial charge < -0.3 is 10.1 Å². The van der Waals surface area contributed by atoms with Gasteiger partial charge in [-0.25, -0.2) is 13.8 Å². The Labute approximate surface area is 103 Å². The molecule has 2 rings (SSSR count). The van der Waals surface area contributed by atoms with E-state index in [1.54, 1.807) is 7.05 Å². The molecule has 3 nitrogen and oxygen atoms in total. The maximum Gasteiger partial charge on any atom is 0.223 e. The highest BCUT2D eigenvalue weighted by Gasteiger charge is 2.08. The van der Waals surface area contributed by atoms with Crippen molar-refractivity contribution in [3.63, 3.8) is 0 Å². The van der Waals surface area contributed by atoms with Crippen LogP contribution in [0.4, 0.5) is 8.78 Å². The van der Waals surface area contributed by atoms with Crippen molar-refractivity contribution >= 4 is 0 Å². The van der Waals surface area contributed by atoms with Crippen molar-refractivity contribution < 1.29 is 13.5 Å². The maximum absolute atomic E-state index is 13.1. The molecule has 0 aliphatic heterocycles. The zero-order valence-electron chi connectivity index (χ0n) is 9.78. The lowest BCUT2D eigenvalue weighted by atomic mass is 10.2. The predicted octanol–water partition coefficient (Wildman–Crippen LogP) is 2.87. The molecule has 0 radical (unpaired) electrons. The first-order valence-electron chi connectivity index (χ1n) is 5.41. The number of aromatic nitrogens is 1. The summed E-state index contributed by atoms with van der Waals surface area (Å²) in [5.74, 6) is -0.0122. The van der Waals surface area contributed by atoms with Gasteiger partial charge >= 0.3 is 0 Å². The number of ether oxygens (including phenoxy) is 1. The SMILES string of the molecule is CNCc1cc(F)cnc1Oc1ccc(F)cc1. The number of nitrogens with zero attached hydrogens (tertiary/aromatic N) is 1. The number of benzene rings is 1. The van der Waals surface area contributed by atoms with Gasteiger partial charge in [0.2, 0.25) is 5.88 Å². The molecule has 0 atom stereocenters. The van der Waals surface area contributed by atoms with Gasteiger partial charge in [0.25, 0.3) is 0 Å².